The smallest absolute Gasteiger partial charge is 0.270 e. The number of benzene rings is 2. The van der Waals surface area contributed by atoms with E-state index in [0.717, 1.165) is 17.7 Å². The fourth-order valence-corrected chi connectivity index (χ4v) is 2.61. The third kappa shape index (κ3) is 3.94. The summed E-state index contributed by atoms with van der Waals surface area (Å²) in [6.07, 6.45) is 0.825. The number of aromatic nitrogens is 2. The summed E-state index contributed by atoms with van der Waals surface area (Å²) in [5.41, 5.74) is 2.45. The van der Waals surface area contributed by atoms with Gasteiger partial charge in [0.1, 0.15) is 11.5 Å². The van der Waals surface area contributed by atoms with Gasteiger partial charge >= 0.3 is 0 Å². The molecule has 0 saturated carbocycles. The molecule has 26 heavy (non-hydrogen) atoms. The van der Waals surface area contributed by atoms with E-state index in [4.69, 9.17) is 11.6 Å². The van der Waals surface area contributed by atoms with E-state index in [0.29, 0.717) is 16.4 Å². The number of carbonyl (C=O) groups excluding carboxylic acids is 1. The van der Waals surface area contributed by atoms with E-state index in [-0.39, 0.29) is 17.8 Å². The average Bonchev–Trinajstić information content (AvgIpc) is 3.08. The van der Waals surface area contributed by atoms with E-state index in [2.05, 4.69) is 10.4 Å². The van der Waals surface area contributed by atoms with E-state index < -0.39 is 0 Å². The lowest BCUT2D eigenvalue weighted by atomic mass is 10.1. The van der Waals surface area contributed by atoms with Gasteiger partial charge in [-0.15, -0.1) is 0 Å². The number of halogens is 2. The molecule has 1 aromatic heterocycles. The second kappa shape index (κ2) is 7.70. The highest BCUT2D eigenvalue weighted by atomic mass is 35.5. The van der Waals surface area contributed by atoms with Gasteiger partial charge in [0, 0.05) is 16.6 Å². The predicted molar refractivity (Wildman–Crippen MR) is 101 cm³/mol. The Bertz CT molecular complexity index is 904. The van der Waals surface area contributed by atoms with Crippen LogP contribution in [0.5, 0.6) is 0 Å². The summed E-state index contributed by atoms with van der Waals surface area (Å²) in [7, 11) is 0. The Morgan fingerprint density at radius 1 is 1.19 bits per heavy atom. The molecular formula is C20H19ClFN3O. The van der Waals surface area contributed by atoms with Gasteiger partial charge in [-0.25, -0.2) is 9.07 Å². The highest BCUT2D eigenvalue weighted by molar-refractivity contribution is 6.30. The van der Waals surface area contributed by atoms with Gasteiger partial charge in [0.25, 0.3) is 5.91 Å². The number of hydrogen-bond acceptors (Lipinski definition) is 2. The summed E-state index contributed by atoms with van der Waals surface area (Å²) < 4.78 is 14.8. The molecule has 3 aromatic rings. The third-order valence-corrected chi connectivity index (χ3v) is 4.40. The standard InChI is InChI=1S/C20H19ClFN3O/c1-3-13(2)23-20(26)19-12-18(14-4-8-16(22)9-5-14)24-25(19)17-10-6-15(21)7-11-17/h4-13H,3H2,1-2H3,(H,23,26)/t13-/m1/s1. The molecule has 0 fully saturated rings. The fraction of sp³-hybridized carbons (Fsp3) is 0.200. The van der Waals surface area contributed by atoms with Gasteiger partial charge in [0.2, 0.25) is 0 Å². The Labute approximate surface area is 156 Å². The van der Waals surface area contributed by atoms with Crippen LogP contribution in [0, 0.1) is 5.82 Å². The minimum absolute atomic E-state index is 0.0466. The molecule has 0 bridgehead atoms. The lowest BCUT2D eigenvalue weighted by Crippen LogP contribution is -2.33. The number of carbonyl (C=O) groups is 1. The summed E-state index contributed by atoms with van der Waals surface area (Å²) in [6.45, 7) is 3.95. The van der Waals surface area contributed by atoms with Crippen molar-refractivity contribution in [2.24, 2.45) is 0 Å². The first kappa shape index (κ1) is 18.1. The normalized spacial score (nSPS) is 12.0. The van der Waals surface area contributed by atoms with Crippen molar-refractivity contribution in [3.05, 3.63) is 71.1 Å². The topological polar surface area (TPSA) is 46.9 Å². The van der Waals surface area contributed by atoms with Crippen molar-refractivity contribution < 1.29 is 9.18 Å². The van der Waals surface area contributed by atoms with E-state index in [1.54, 1.807) is 47.1 Å². The number of nitrogens with one attached hydrogen (secondary N) is 1. The minimum Gasteiger partial charge on any atom is -0.348 e. The number of nitrogens with zero attached hydrogens (tertiary/aromatic N) is 2. The van der Waals surface area contributed by atoms with Crippen molar-refractivity contribution in [1.29, 1.82) is 0 Å². The Morgan fingerprint density at radius 3 is 2.46 bits per heavy atom. The molecule has 0 aliphatic heterocycles. The maximum atomic E-state index is 13.2. The summed E-state index contributed by atoms with van der Waals surface area (Å²) in [6, 6.07) is 14.8. The van der Waals surface area contributed by atoms with Crippen LogP contribution in [0.25, 0.3) is 16.9 Å². The summed E-state index contributed by atoms with van der Waals surface area (Å²) >= 11 is 5.96. The van der Waals surface area contributed by atoms with Crippen LogP contribution in [0.1, 0.15) is 30.8 Å². The van der Waals surface area contributed by atoms with Crippen LogP contribution < -0.4 is 5.32 Å². The van der Waals surface area contributed by atoms with Crippen LogP contribution in [0.4, 0.5) is 4.39 Å². The predicted octanol–water partition coefficient (Wildman–Crippen LogP) is 4.86. The molecule has 1 atom stereocenters. The van der Waals surface area contributed by atoms with E-state index in [1.165, 1.54) is 12.1 Å². The number of rotatable bonds is 5. The van der Waals surface area contributed by atoms with Gasteiger partial charge in [-0.2, -0.15) is 5.10 Å². The van der Waals surface area contributed by atoms with Crippen LogP contribution in [0.15, 0.2) is 54.6 Å². The lowest BCUT2D eigenvalue weighted by molar-refractivity contribution is 0.0931. The molecule has 0 aliphatic carbocycles. The van der Waals surface area contributed by atoms with Crippen molar-refractivity contribution in [3.63, 3.8) is 0 Å². The number of amides is 1. The monoisotopic (exact) mass is 371 g/mol. The van der Waals surface area contributed by atoms with Crippen LogP contribution in [-0.4, -0.2) is 21.7 Å². The van der Waals surface area contributed by atoms with E-state index in [1.807, 2.05) is 13.8 Å². The lowest BCUT2D eigenvalue weighted by Gasteiger charge is -2.12. The molecule has 1 amide bonds. The molecule has 4 nitrogen and oxygen atoms in total. The Hall–Kier alpha value is -2.66. The third-order valence-electron chi connectivity index (χ3n) is 4.14. The zero-order valence-electron chi connectivity index (χ0n) is 14.5. The Balaban J connectivity index is 2.06. The quantitative estimate of drug-likeness (QED) is 0.696. The molecule has 1 heterocycles. The largest absolute Gasteiger partial charge is 0.348 e. The molecule has 0 saturated heterocycles. The van der Waals surface area contributed by atoms with E-state index >= 15 is 0 Å². The highest BCUT2D eigenvalue weighted by Crippen LogP contribution is 2.23. The number of hydrogen-bond donors (Lipinski definition) is 1. The van der Waals surface area contributed by atoms with Crippen LogP contribution in [0.2, 0.25) is 5.02 Å². The van der Waals surface area contributed by atoms with Crippen molar-refractivity contribution in [3.8, 4) is 16.9 Å². The van der Waals surface area contributed by atoms with Gasteiger partial charge in [0.05, 0.1) is 11.4 Å². The molecule has 0 unspecified atom stereocenters. The van der Waals surface area contributed by atoms with Crippen molar-refractivity contribution in [2.75, 3.05) is 0 Å². The van der Waals surface area contributed by atoms with Crippen LogP contribution in [-0.2, 0) is 0 Å². The Kier molecular flexibility index (Phi) is 5.38. The van der Waals surface area contributed by atoms with Crippen molar-refractivity contribution >= 4 is 17.5 Å². The zero-order chi connectivity index (χ0) is 18.7. The van der Waals surface area contributed by atoms with Gasteiger partial charge < -0.3 is 5.32 Å². The molecular weight excluding hydrogens is 353 g/mol. The molecule has 1 N–H and O–H groups in total. The SMILES string of the molecule is CC[C@@H](C)NC(=O)c1cc(-c2ccc(F)cc2)nn1-c1ccc(Cl)cc1. The molecule has 6 heteroatoms. The summed E-state index contributed by atoms with van der Waals surface area (Å²) in [5.74, 6) is -0.532. The fourth-order valence-electron chi connectivity index (χ4n) is 2.48. The second-order valence-corrected chi connectivity index (χ2v) is 6.53. The van der Waals surface area contributed by atoms with Crippen LogP contribution in [0.3, 0.4) is 0 Å². The second-order valence-electron chi connectivity index (χ2n) is 6.09. The van der Waals surface area contributed by atoms with Gasteiger partial charge in [-0.1, -0.05) is 18.5 Å². The molecule has 0 radical (unpaired) electrons. The summed E-state index contributed by atoms with van der Waals surface area (Å²) in [5, 5.41) is 8.11. The molecule has 0 spiro atoms. The highest BCUT2D eigenvalue weighted by Gasteiger charge is 2.18. The first-order valence-electron chi connectivity index (χ1n) is 8.40. The minimum atomic E-state index is -0.319. The Morgan fingerprint density at radius 2 is 1.85 bits per heavy atom. The first-order valence-corrected chi connectivity index (χ1v) is 8.78. The molecule has 2 aromatic carbocycles. The zero-order valence-corrected chi connectivity index (χ0v) is 15.3. The molecule has 0 aliphatic rings. The average molecular weight is 372 g/mol. The van der Waals surface area contributed by atoms with Gasteiger partial charge in [-0.3, -0.25) is 4.79 Å². The van der Waals surface area contributed by atoms with Crippen molar-refractivity contribution in [1.82, 2.24) is 15.1 Å². The van der Waals surface area contributed by atoms with E-state index in [9.17, 15) is 9.18 Å². The summed E-state index contributed by atoms with van der Waals surface area (Å²) in [4.78, 5) is 12.7. The maximum absolute atomic E-state index is 13.2. The first-order chi connectivity index (χ1) is 12.5. The molecule has 3 rings (SSSR count). The maximum Gasteiger partial charge on any atom is 0.270 e. The van der Waals surface area contributed by atoms with Gasteiger partial charge in [-0.05, 0) is 67.9 Å². The molecule has 134 valence electrons. The van der Waals surface area contributed by atoms with Crippen LogP contribution >= 0.6 is 11.6 Å². The van der Waals surface area contributed by atoms with Crippen molar-refractivity contribution in [2.45, 2.75) is 26.3 Å². The van der Waals surface area contributed by atoms with Gasteiger partial charge in [0.15, 0.2) is 0 Å².